The minimum Gasteiger partial charge on any atom is -0.397 e. The number of halogens is 1. The van der Waals surface area contributed by atoms with Crippen LogP contribution in [0.15, 0.2) is 47.4 Å². The summed E-state index contributed by atoms with van der Waals surface area (Å²) in [4.78, 5) is 0.187. The van der Waals surface area contributed by atoms with Crippen LogP contribution in [0.5, 0.6) is 0 Å². The van der Waals surface area contributed by atoms with Gasteiger partial charge in [-0.15, -0.1) is 0 Å². The summed E-state index contributed by atoms with van der Waals surface area (Å²) in [5.74, 6) is 0. The van der Waals surface area contributed by atoms with Gasteiger partial charge in [-0.1, -0.05) is 23.7 Å². The zero-order chi connectivity index (χ0) is 14.0. The average Bonchev–Trinajstić information content (AvgIpc) is 2.33. The largest absolute Gasteiger partial charge is 0.397 e. The van der Waals surface area contributed by atoms with Crippen LogP contribution in [0.1, 0.15) is 5.56 Å². The lowest BCUT2D eigenvalue weighted by Gasteiger charge is -2.11. The molecule has 0 fully saturated rings. The summed E-state index contributed by atoms with van der Waals surface area (Å²) in [7, 11) is -3.66. The van der Waals surface area contributed by atoms with Crippen molar-refractivity contribution in [3.63, 3.8) is 0 Å². The van der Waals surface area contributed by atoms with Crippen molar-refractivity contribution in [1.29, 1.82) is 0 Å². The van der Waals surface area contributed by atoms with Crippen molar-refractivity contribution in [1.82, 2.24) is 0 Å². The Bertz CT molecular complexity index is 714. The lowest BCUT2D eigenvalue weighted by atomic mass is 10.2. The topological polar surface area (TPSA) is 72.2 Å². The Morgan fingerprint density at radius 2 is 1.89 bits per heavy atom. The molecule has 6 heteroatoms. The van der Waals surface area contributed by atoms with Gasteiger partial charge in [0, 0.05) is 5.02 Å². The summed E-state index contributed by atoms with van der Waals surface area (Å²) in [6.07, 6.45) is 0. The van der Waals surface area contributed by atoms with Gasteiger partial charge in [0.05, 0.1) is 16.3 Å². The number of hydrogen-bond acceptors (Lipinski definition) is 3. The van der Waals surface area contributed by atoms with E-state index >= 15 is 0 Å². The molecule has 0 spiro atoms. The minimum atomic E-state index is -3.66. The number of hydrogen-bond donors (Lipinski definition) is 2. The number of benzene rings is 2. The Labute approximate surface area is 117 Å². The first-order chi connectivity index (χ1) is 8.88. The van der Waals surface area contributed by atoms with Gasteiger partial charge >= 0.3 is 0 Å². The van der Waals surface area contributed by atoms with E-state index in [-0.39, 0.29) is 10.6 Å². The quantitative estimate of drug-likeness (QED) is 0.855. The second-order valence-corrected chi connectivity index (χ2v) is 6.27. The molecule has 19 heavy (non-hydrogen) atoms. The molecule has 0 atom stereocenters. The normalized spacial score (nSPS) is 11.3. The van der Waals surface area contributed by atoms with Crippen molar-refractivity contribution in [3.05, 3.63) is 53.1 Å². The summed E-state index contributed by atoms with van der Waals surface area (Å²) < 4.78 is 26.8. The van der Waals surface area contributed by atoms with E-state index < -0.39 is 10.0 Å². The summed E-state index contributed by atoms with van der Waals surface area (Å²) >= 11 is 5.83. The SMILES string of the molecule is Cc1cccc(S(=O)(=O)Nc2cc(Cl)ccc2N)c1. The van der Waals surface area contributed by atoms with Gasteiger partial charge in [-0.25, -0.2) is 8.42 Å². The Balaban J connectivity index is 2.39. The van der Waals surface area contributed by atoms with Gasteiger partial charge in [0.1, 0.15) is 0 Å². The Kier molecular flexibility index (Phi) is 3.68. The van der Waals surface area contributed by atoms with E-state index in [0.29, 0.717) is 10.7 Å². The molecular weight excluding hydrogens is 284 g/mol. The fraction of sp³-hybridized carbons (Fsp3) is 0.0769. The Hall–Kier alpha value is -1.72. The summed E-state index contributed by atoms with van der Waals surface area (Å²) in [6, 6.07) is 11.2. The second-order valence-electron chi connectivity index (χ2n) is 4.15. The molecule has 2 aromatic carbocycles. The predicted octanol–water partition coefficient (Wildman–Crippen LogP) is 3.03. The fourth-order valence-corrected chi connectivity index (χ4v) is 2.96. The predicted molar refractivity (Wildman–Crippen MR) is 77.9 cm³/mol. The van der Waals surface area contributed by atoms with E-state index in [4.69, 9.17) is 17.3 Å². The highest BCUT2D eigenvalue weighted by Gasteiger charge is 2.15. The number of nitrogen functional groups attached to an aromatic ring is 1. The van der Waals surface area contributed by atoms with Crippen LogP contribution in [0.2, 0.25) is 5.02 Å². The van der Waals surface area contributed by atoms with Crippen LogP contribution in [0.4, 0.5) is 11.4 Å². The number of nitrogens with one attached hydrogen (secondary N) is 1. The summed E-state index contributed by atoms with van der Waals surface area (Å²) in [5, 5.41) is 0.413. The highest BCUT2D eigenvalue weighted by atomic mass is 35.5. The molecule has 0 unspecified atom stereocenters. The van der Waals surface area contributed by atoms with E-state index in [2.05, 4.69) is 4.72 Å². The first-order valence-electron chi connectivity index (χ1n) is 5.53. The van der Waals surface area contributed by atoms with Gasteiger partial charge in [-0.3, -0.25) is 4.72 Å². The van der Waals surface area contributed by atoms with Gasteiger partial charge in [0.25, 0.3) is 10.0 Å². The zero-order valence-electron chi connectivity index (χ0n) is 10.2. The van der Waals surface area contributed by atoms with Crippen LogP contribution in [0, 0.1) is 6.92 Å². The zero-order valence-corrected chi connectivity index (χ0v) is 11.8. The lowest BCUT2D eigenvalue weighted by molar-refractivity contribution is 0.601. The molecule has 0 saturated carbocycles. The van der Waals surface area contributed by atoms with E-state index in [1.54, 1.807) is 24.3 Å². The molecule has 0 amide bonds. The van der Waals surface area contributed by atoms with Crippen LogP contribution in [-0.4, -0.2) is 8.42 Å². The molecule has 2 rings (SSSR count). The molecule has 0 heterocycles. The molecule has 3 N–H and O–H groups in total. The standard InChI is InChI=1S/C13H13ClN2O2S/c1-9-3-2-4-11(7-9)19(17,18)16-13-8-10(14)5-6-12(13)15/h2-8,16H,15H2,1H3. The number of aryl methyl sites for hydroxylation is 1. The Morgan fingerprint density at radius 3 is 2.58 bits per heavy atom. The molecule has 0 aliphatic rings. The molecular formula is C13H13ClN2O2S. The number of nitrogens with two attached hydrogens (primary N) is 1. The van der Waals surface area contributed by atoms with Gasteiger partial charge in [-0.2, -0.15) is 0 Å². The highest BCUT2D eigenvalue weighted by molar-refractivity contribution is 7.92. The third-order valence-electron chi connectivity index (χ3n) is 2.56. The van der Waals surface area contributed by atoms with Gasteiger partial charge in [0.2, 0.25) is 0 Å². The monoisotopic (exact) mass is 296 g/mol. The van der Waals surface area contributed by atoms with Crippen LogP contribution >= 0.6 is 11.6 Å². The smallest absolute Gasteiger partial charge is 0.261 e. The maximum absolute atomic E-state index is 12.2. The van der Waals surface area contributed by atoms with Gasteiger partial charge < -0.3 is 5.73 Å². The van der Waals surface area contributed by atoms with Crippen LogP contribution < -0.4 is 10.5 Å². The Morgan fingerprint density at radius 1 is 1.16 bits per heavy atom. The molecule has 0 saturated heterocycles. The highest BCUT2D eigenvalue weighted by Crippen LogP contribution is 2.25. The lowest BCUT2D eigenvalue weighted by Crippen LogP contribution is -2.14. The third-order valence-corrected chi connectivity index (χ3v) is 4.16. The molecule has 0 radical (unpaired) electrons. The van der Waals surface area contributed by atoms with Crippen LogP contribution in [0.25, 0.3) is 0 Å². The molecule has 0 aliphatic carbocycles. The van der Waals surface area contributed by atoms with Crippen molar-refractivity contribution >= 4 is 33.0 Å². The van der Waals surface area contributed by atoms with Crippen molar-refractivity contribution in [2.45, 2.75) is 11.8 Å². The van der Waals surface area contributed by atoms with E-state index in [9.17, 15) is 8.42 Å². The van der Waals surface area contributed by atoms with Crippen LogP contribution in [0.3, 0.4) is 0 Å². The number of anilines is 2. The molecule has 0 bridgehead atoms. The third kappa shape index (κ3) is 3.19. The first-order valence-corrected chi connectivity index (χ1v) is 7.39. The number of sulfonamides is 1. The molecule has 4 nitrogen and oxygen atoms in total. The first kappa shape index (κ1) is 13.7. The summed E-state index contributed by atoms with van der Waals surface area (Å²) in [6.45, 7) is 1.83. The van der Waals surface area contributed by atoms with Crippen molar-refractivity contribution in [3.8, 4) is 0 Å². The van der Waals surface area contributed by atoms with E-state index in [1.807, 2.05) is 13.0 Å². The number of rotatable bonds is 3. The van der Waals surface area contributed by atoms with Crippen molar-refractivity contribution in [2.75, 3.05) is 10.5 Å². The van der Waals surface area contributed by atoms with Crippen molar-refractivity contribution < 1.29 is 8.42 Å². The maximum atomic E-state index is 12.2. The maximum Gasteiger partial charge on any atom is 0.261 e. The fourth-order valence-electron chi connectivity index (χ4n) is 1.60. The molecule has 100 valence electrons. The molecule has 0 aromatic heterocycles. The van der Waals surface area contributed by atoms with E-state index in [0.717, 1.165) is 5.56 Å². The van der Waals surface area contributed by atoms with Gasteiger partial charge in [-0.05, 0) is 42.8 Å². The molecule has 0 aliphatic heterocycles. The second kappa shape index (κ2) is 5.11. The van der Waals surface area contributed by atoms with E-state index in [1.165, 1.54) is 12.1 Å². The summed E-state index contributed by atoms with van der Waals surface area (Å²) in [5.41, 5.74) is 7.17. The van der Waals surface area contributed by atoms with Gasteiger partial charge in [0.15, 0.2) is 0 Å². The van der Waals surface area contributed by atoms with Crippen LogP contribution in [-0.2, 0) is 10.0 Å². The van der Waals surface area contributed by atoms with Crippen molar-refractivity contribution in [2.24, 2.45) is 0 Å². The molecule has 2 aromatic rings. The average molecular weight is 297 g/mol. The minimum absolute atomic E-state index is 0.187.